The van der Waals surface area contributed by atoms with Gasteiger partial charge in [-0.1, -0.05) is 0 Å². The van der Waals surface area contributed by atoms with E-state index < -0.39 is 11.7 Å². The van der Waals surface area contributed by atoms with Crippen molar-refractivity contribution in [2.75, 3.05) is 13.1 Å². The van der Waals surface area contributed by atoms with Crippen molar-refractivity contribution in [1.82, 2.24) is 15.5 Å². The minimum Gasteiger partial charge on any atom is -0.490 e. The summed E-state index contributed by atoms with van der Waals surface area (Å²) in [4.78, 5) is 0. The van der Waals surface area contributed by atoms with Crippen molar-refractivity contribution in [2.45, 2.75) is 31.5 Å². The number of hydrogen-bond donors (Lipinski definition) is 2. The third-order valence-electron chi connectivity index (χ3n) is 3.69. The van der Waals surface area contributed by atoms with E-state index in [1.807, 2.05) is 0 Å². The minimum absolute atomic E-state index is 0.0479. The molecule has 2 aromatic rings. The fraction of sp³-hybridized carbons (Fsp3) is 0.500. The molecule has 0 bridgehead atoms. The summed E-state index contributed by atoms with van der Waals surface area (Å²) in [6.07, 6.45) is -1.10. The summed E-state index contributed by atoms with van der Waals surface area (Å²) < 4.78 is 45.7. The molecule has 2 heterocycles. The first-order valence-corrected chi connectivity index (χ1v) is 6.96. The van der Waals surface area contributed by atoms with Crippen LogP contribution >= 0.6 is 0 Å². The van der Waals surface area contributed by atoms with E-state index in [0.717, 1.165) is 25.9 Å². The first-order valence-electron chi connectivity index (χ1n) is 6.96. The van der Waals surface area contributed by atoms with E-state index in [1.165, 1.54) is 12.3 Å². The molecule has 2 N–H and O–H groups in total. The number of aromatic amines is 1. The molecule has 0 radical (unpaired) electrons. The molecule has 1 aliphatic heterocycles. The van der Waals surface area contributed by atoms with Crippen molar-refractivity contribution >= 4 is 10.9 Å². The molecule has 1 unspecified atom stereocenters. The molecule has 0 saturated carbocycles. The predicted molar refractivity (Wildman–Crippen MR) is 72.2 cm³/mol. The Balaban J connectivity index is 1.97. The summed E-state index contributed by atoms with van der Waals surface area (Å²) in [5.74, 6) is -0.108. The van der Waals surface area contributed by atoms with Crippen molar-refractivity contribution in [3.63, 3.8) is 0 Å². The lowest BCUT2D eigenvalue weighted by Crippen LogP contribution is -2.21. The van der Waals surface area contributed by atoms with Crippen LogP contribution in [0.15, 0.2) is 18.3 Å². The molecule has 114 valence electrons. The average molecular weight is 299 g/mol. The van der Waals surface area contributed by atoms with Crippen LogP contribution in [0.25, 0.3) is 10.9 Å². The number of nitrogens with zero attached hydrogens (tertiary/aromatic N) is 1. The van der Waals surface area contributed by atoms with E-state index in [0.29, 0.717) is 11.9 Å². The molecule has 1 aromatic heterocycles. The van der Waals surface area contributed by atoms with E-state index in [4.69, 9.17) is 4.74 Å². The van der Waals surface area contributed by atoms with Gasteiger partial charge in [0.15, 0.2) is 0 Å². The topological polar surface area (TPSA) is 49.9 Å². The number of alkyl halides is 3. The zero-order valence-electron chi connectivity index (χ0n) is 11.3. The Morgan fingerprint density at radius 2 is 2.05 bits per heavy atom. The maximum Gasteiger partial charge on any atom is 0.420 e. The van der Waals surface area contributed by atoms with Crippen LogP contribution in [0.4, 0.5) is 13.2 Å². The Kier molecular flexibility index (Phi) is 3.75. The van der Waals surface area contributed by atoms with Gasteiger partial charge in [-0.3, -0.25) is 5.10 Å². The SMILES string of the molecule is FC(F)(F)c1c(OC2CCCNCC2)ccc2[nH]ncc12. The van der Waals surface area contributed by atoms with Gasteiger partial charge < -0.3 is 10.1 Å². The molecule has 1 aliphatic rings. The number of H-pyrrole nitrogens is 1. The Morgan fingerprint density at radius 3 is 2.86 bits per heavy atom. The van der Waals surface area contributed by atoms with Gasteiger partial charge in [0.25, 0.3) is 0 Å². The lowest BCUT2D eigenvalue weighted by atomic mass is 10.1. The second-order valence-corrected chi connectivity index (χ2v) is 5.19. The van der Waals surface area contributed by atoms with Crippen LogP contribution < -0.4 is 10.1 Å². The first-order chi connectivity index (χ1) is 10.1. The monoisotopic (exact) mass is 299 g/mol. The largest absolute Gasteiger partial charge is 0.490 e. The van der Waals surface area contributed by atoms with E-state index in [2.05, 4.69) is 15.5 Å². The Bertz CT molecular complexity index is 615. The van der Waals surface area contributed by atoms with Gasteiger partial charge in [-0.25, -0.2) is 0 Å². The van der Waals surface area contributed by atoms with Crippen LogP contribution in [-0.4, -0.2) is 29.4 Å². The highest BCUT2D eigenvalue weighted by Crippen LogP contribution is 2.41. The molecule has 3 rings (SSSR count). The average Bonchev–Trinajstić information content (AvgIpc) is 2.74. The number of nitrogens with one attached hydrogen (secondary N) is 2. The molecular formula is C14H16F3N3O. The number of aromatic nitrogens is 2. The summed E-state index contributed by atoms with van der Waals surface area (Å²) in [6, 6.07) is 2.95. The summed E-state index contributed by atoms with van der Waals surface area (Å²) >= 11 is 0. The normalized spacial score (nSPS) is 20.4. The molecule has 21 heavy (non-hydrogen) atoms. The maximum absolute atomic E-state index is 13.4. The van der Waals surface area contributed by atoms with Crippen LogP contribution in [-0.2, 0) is 6.18 Å². The number of fused-ring (bicyclic) bond motifs is 1. The van der Waals surface area contributed by atoms with Gasteiger partial charge in [0.05, 0.1) is 17.8 Å². The summed E-state index contributed by atoms with van der Waals surface area (Å²) in [5, 5.41) is 9.51. The van der Waals surface area contributed by atoms with Crippen molar-refractivity contribution < 1.29 is 17.9 Å². The van der Waals surface area contributed by atoms with Gasteiger partial charge in [0, 0.05) is 5.39 Å². The van der Waals surface area contributed by atoms with Crippen molar-refractivity contribution in [2.24, 2.45) is 0 Å². The van der Waals surface area contributed by atoms with Crippen LogP contribution in [0, 0.1) is 0 Å². The number of ether oxygens (including phenoxy) is 1. The molecule has 1 aromatic carbocycles. The number of hydrogen-bond acceptors (Lipinski definition) is 3. The molecule has 1 fully saturated rings. The van der Waals surface area contributed by atoms with Gasteiger partial charge in [0.2, 0.25) is 0 Å². The third kappa shape index (κ3) is 2.97. The Morgan fingerprint density at radius 1 is 1.19 bits per heavy atom. The van der Waals surface area contributed by atoms with E-state index in [1.54, 1.807) is 6.07 Å². The standard InChI is InChI=1S/C14H16F3N3O/c15-14(16,17)13-10-8-19-20-11(10)3-4-12(13)21-9-2-1-6-18-7-5-9/h3-4,8-9,18H,1-2,5-7H2,(H,19,20). The maximum atomic E-state index is 13.4. The predicted octanol–water partition coefficient (Wildman–Crippen LogP) is 3.10. The fourth-order valence-electron chi connectivity index (χ4n) is 2.67. The Labute approximate surface area is 119 Å². The molecule has 0 amide bonds. The molecule has 1 saturated heterocycles. The molecule has 0 aliphatic carbocycles. The third-order valence-corrected chi connectivity index (χ3v) is 3.69. The van der Waals surface area contributed by atoms with Crippen molar-refractivity contribution in [3.8, 4) is 5.75 Å². The number of benzene rings is 1. The number of rotatable bonds is 2. The van der Waals surface area contributed by atoms with Crippen molar-refractivity contribution in [1.29, 1.82) is 0 Å². The summed E-state index contributed by atoms with van der Waals surface area (Å²) in [7, 11) is 0. The molecule has 0 spiro atoms. The van der Waals surface area contributed by atoms with Crippen LogP contribution in [0.2, 0.25) is 0 Å². The van der Waals surface area contributed by atoms with E-state index in [-0.39, 0.29) is 17.2 Å². The molecule has 7 heteroatoms. The van der Waals surface area contributed by atoms with Gasteiger partial charge in [-0.05, 0) is 44.5 Å². The summed E-state index contributed by atoms with van der Waals surface area (Å²) in [5.41, 5.74) is -0.386. The lowest BCUT2D eigenvalue weighted by Gasteiger charge is -2.20. The van der Waals surface area contributed by atoms with Crippen LogP contribution in [0.5, 0.6) is 5.75 Å². The number of halogens is 3. The van der Waals surface area contributed by atoms with Gasteiger partial charge >= 0.3 is 6.18 Å². The second-order valence-electron chi connectivity index (χ2n) is 5.19. The molecule has 1 atom stereocenters. The Hall–Kier alpha value is -1.76. The molecule has 4 nitrogen and oxygen atoms in total. The van der Waals surface area contributed by atoms with Crippen molar-refractivity contribution in [3.05, 3.63) is 23.9 Å². The fourth-order valence-corrected chi connectivity index (χ4v) is 2.67. The summed E-state index contributed by atoms with van der Waals surface area (Å²) in [6.45, 7) is 1.65. The zero-order chi connectivity index (χ0) is 14.9. The van der Waals surface area contributed by atoms with E-state index >= 15 is 0 Å². The van der Waals surface area contributed by atoms with E-state index in [9.17, 15) is 13.2 Å². The lowest BCUT2D eigenvalue weighted by molar-refractivity contribution is -0.138. The van der Waals surface area contributed by atoms with Gasteiger partial charge in [0.1, 0.15) is 11.3 Å². The van der Waals surface area contributed by atoms with Crippen LogP contribution in [0.3, 0.4) is 0 Å². The highest BCUT2D eigenvalue weighted by Gasteiger charge is 2.37. The minimum atomic E-state index is -4.47. The molecular weight excluding hydrogens is 283 g/mol. The van der Waals surface area contributed by atoms with Crippen LogP contribution in [0.1, 0.15) is 24.8 Å². The first kappa shape index (κ1) is 14.2. The quantitative estimate of drug-likeness (QED) is 0.896. The van der Waals surface area contributed by atoms with Gasteiger partial charge in [-0.15, -0.1) is 0 Å². The smallest absolute Gasteiger partial charge is 0.420 e. The second kappa shape index (κ2) is 5.55. The zero-order valence-corrected chi connectivity index (χ0v) is 11.3. The highest BCUT2D eigenvalue weighted by molar-refractivity contribution is 5.84. The highest BCUT2D eigenvalue weighted by atomic mass is 19.4. The van der Waals surface area contributed by atoms with Gasteiger partial charge in [-0.2, -0.15) is 18.3 Å².